The minimum absolute atomic E-state index is 0.101. The molecular formula is C21H24ClN5O2S. The number of nitrogens with zero attached hydrogens (tertiary/aromatic N) is 3. The molecule has 2 fully saturated rings. The first-order chi connectivity index (χ1) is 14.6. The lowest BCUT2D eigenvalue weighted by Crippen LogP contribution is -2.41. The third kappa shape index (κ3) is 5.86. The van der Waals surface area contributed by atoms with E-state index in [9.17, 15) is 9.59 Å². The monoisotopic (exact) mass is 445 g/mol. The smallest absolute Gasteiger partial charge is 0.234 e. The van der Waals surface area contributed by atoms with Crippen LogP contribution in [-0.4, -0.2) is 46.9 Å². The minimum Gasteiger partial charge on any atom is -0.355 e. The topological polar surface area (TPSA) is 87.2 Å². The van der Waals surface area contributed by atoms with Crippen molar-refractivity contribution in [2.75, 3.05) is 29.1 Å². The number of halogens is 1. The number of anilines is 2. The zero-order chi connectivity index (χ0) is 20.9. The van der Waals surface area contributed by atoms with Gasteiger partial charge in [0.25, 0.3) is 0 Å². The van der Waals surface area contributed by atoms with Crippen LogP contribution in [0.2, 0.25) is 5.02 Å². The molecule has 9 heteroatoms. The Labute approximate surface area is 185 Å². The van der Waals surface area contributed by atoms with Crippen LogP contribution >= 0.6 is 23.4 Å². The molecule has 0 spiro atoms. The van der Waals surface area contributed by atoms with Gasteiger partial charge in [-0.15, -0.1) is 10.2 Å². The molecule has 2 aliphatic rings. The van der Waals surface area contributed by atoms with Gasteiger partial charge >= 0.3 is 0 Å². The molecule has 0 radical (unpaired) electrons. The third-order valence-electron chi connectivity index (χ3n) is 5.22. The Kier molecular flexibility index (Phi) is 6.74. The Hall–Kier alpha value is -2.32. The lowest BCUT2D eigenvalue weighted by molar-refractivity contribution is -0.125. The van der Waals surface area contributed by atoms with Gasteiger partial charge in [-0.1, -0.05) is 23.4 Å². The maximum absolute atomic E-state index is 12.2. The van der Waals surface area contributed by atoms with Crippen molar-refractivity contribution in [3.05, 3.63) is 41.4 Å². The molecule has 1 aromatic heterocycles. The molecule has 0 bridgehead atoms. The molecule has 2 heterocycles. The van der Waals surface area contributed by atoms with Gasteiger partial charge in [0.1, 0.15) is 5.03 Å². The molecule has 1 aromatic carbocycles. The normalized spacial score (nSPS) is 16.9. The van der Waals surface area contributed by atoms with Crippen molar-refractivity contribution in [2.45, 2.75) is 36.8 Å². The second kappa shape index (κ2) is 9.66. The number of benzene rings is 1. The Morgan fingerprint density at radius 2 is 1.77 bits per heavy atom. The van der Waals surface area contributed by atoms with E-state index in [0.29, 0.717) is 21.8 Å². The first kappa shape index (κ1) is 20.9. The summed E-state index contributed by atoms with van der Waals surface area (Å²) in [5.41, 5.74) is 0.709. The van der Waals surface area contributed by atoms with E-state index in [1.54, 1.807) is 24.3 Å². The SMILES string of the molecule is O=C(CSc1ccc(N2CCC(C(=O)NC3CC3)CC2)nn1)Nc1ccc(Cl)cc1. The summed E-state index contributed by atoms with van der Waals surface area (Å²) in [4.78, 5) is 26.4. The highest BCUT2D eigenvalue weighted by molar-refractivity contribution is 7.99. The molecule has 1 saturated carbocycles. The quantitative estimate of drug-likeness (QED) is 0.635. The van der Waals surface area contributed by atoms with Crippen molar-refractivity contribution < 1.29 is 9.59 Å². The van der Waals surface area contributed by atoms with Crippen LogP contribution in [-0.2, 0) is 9.59 Å². The number of hydrogen-bond acceptors (Lipinski definition) is 6. The van der Waals surface area contributed by atoms with Gasteiger partial charge in [0, 0.05) is 35.8 Å². The Morgan fingerprint density at radius 3 is 2.40 bits per heavy atom. The number of hydrogen-bond donors (Lipinski definition) is 2. The highest BCUT2D eigenvalue weighted by Crippen LogP contribution is 2.25. The number of rotatable bonds is 7. The zero-order valence-corrected chi connectivity index (χ0v) is 18.1. The fourth-order valence-electron chi connectivity index (χ4n) is 3.35. The summed E-state index contributed by atoms with van der Waals surface area (Å²) in [6.07, 6.45) is 3.91. The van der Waals surface area contributed by atoms with Crippen molar-refractivity contribution >= 4 is 46.7 Å². The van der Waals surface area contributed by atoms with E-state index >= 15 is 0 Å². The van der Waals surface area contributed by atoms with E-state index in [-0.39, 0.29) is 23.5 Å². The number of amides is 2. The van der Waals surface area contributed by atoms with Crippen molar-refractivity contribution in [3.63, 3.8) is 0 Å². The molecule has 7 nitrogen and oxygen atoms in total. The highest BCUT2D eigenvalue weighted by atomic mass is 35.5. The number of piperidine rings is 1. The molecule has 1 aliphatic carbocycles. The lowest BCUT2D eigenvalue weighted by atomic mass is 9.96. The predicted octanol–water partition coefficient (Wildman–Crippen LogP) is 3.36. The van der Waals surface area contributed by atoms with Crippen LogP contribution < -0.4 is 15.5 Å². The summed E-state index contributed by atoms with van der Waals surface area (Å²) in [5, 5.41) is 15.8. The van der Waals surface area contributed by atoms with Crippen molar-refractivity contribution in [2.24, 2.45) is 5.92 Å². The van der Waals surface area contributed by atoms with Crippen molar-refractivity contribution in [1.82, 2.24) is 15.5 Å². The van der Waals surface area contributed by atoms with Gasteiger partial charge in [-0.25, -0.2) is 0 Å². The van der Waals surface area contributed by atoms with E-state index in [1.165, 1.54) is 11.8 Å². The summed E-state index contributed by atoms with van der Waals surface area (Å²) in [6.45, 7) is 1.60. The molecule has 2 N–H and O–H groups in total. The van der Waals surface area contributed by atoms with Gasteiger partial charge in [-0.3, -0.25) is 9.59 Å². The van der Waals surface area contributed by atoms with E-state index in [0.717, 1.165) is 44.6 Å². The van der Waals surface area contributed by atoms with E-state index in [4.69, 9.17) is 11.6 Å². The number of thioether (sulfide) groups is 1. The average molecular weight is 446 g/mol. The summed E-state index contributed by atoms with van der Waals surface area (Å²) in [6, 6.07) is 11.2. The molecule has 0 atom stereocenters. The van der Waals surface area contributed by atoms with Crippen LogP contribution in [0.5, 0.6) is 0 Å². The van der Waals surface area contributed by atoms with Crippen molar-refractivity contribution in [3.8, 4) is 0 Å². The third-order valence-corrected chi connectivity index (χ3v) is 6.39. The molecule has 4 rings (SSSR count). The second-order valence-electron chi connectivity index (χ2n) is 7.62. The molecular weight excluding hydrogens is 422 g/mol. The first-order valence-corrected chi connectivity index (χ1v) is 11.5. The zero-order valence-electron chi connectivity index (χ0n) is 16.5. The number of nitrogens with one attached hydrogen (secondary N) is 2. The van der Waals surface area contributed by atoms with Crippen LogP contribution in [0.25, 0.3) is 0 Å². The fraction of sp³-hybridized carbons (Fsp3) is 0.429. The van der Waals surface area contributed by atoms with Crippen LogP contribution in [0, 0.1) is 5.92 Å². The molecule has 1 saturated heterocycles. The average Bonchev–Trinajstić information content (AvgIpc) is 3.58. The molecule has 0 unspecified atom stereocenters. The van der Waals surface area contributed by atoms with Gasteiger partial charge < -0.3 is 15.5 Å². The summed E-state index contributed by atoms with van der Waals surface area (Å²) >= 11 is 7.19. The van der Waals surface area contributed by atoms with E-state index in [1.807, 2.05) is 12.1 Å². The lowest BCUT2D eigenvalue weighted by Gasteiger charge is -2.31. The number of carbonyl (C=O) groups excluding carboxylic acids is 2. The predicted molar refractivity (Wildman–Crippen MR) is 119 cm³/mol. The Bertz CT molecular complexity index is 881. The van der Waals surface area contributed by atoms with Crippen molar-refractivity contribution in [1.29, 1.82) is 0 Å². The second-order valence-corrected chi connectivity index (χ2v) is 9.05. The molecule has 1 aliphatic heterocycles. The van der Waals surface area contributed by atoms with Gasteiger partial charge in [0.2, 0.25) is 11.8 Å². The molecule has 30 heavy (non-hydrogen) atoms. The first-order valence-electron chi connectivity index (χ1n) is 10.1. The van der Waals surface area contributed by atoms with Gasteiger partial charge in [0.05, 0.1) is 5.75 Å². The van der Waals surface area contributed by atoms with Gasteiger partial charge in [-0.05, 0) is 62.1 Å². The van der Waals surface area contributed by atoms with Crippen LogP contribution in [0.4, 0.5) is 11.5 Å². The van der Waals surface area contributed by atoms with Crippen LogP contribution in [0.1, 0.15) is 25.7 Å². The Balaban J connectivity index is 1.21. The summed E-state index contributed by atoms with van der Waals surface area (Å²) in [5.74, 6) is 1.25. The highest BCUT2D eigenvalue weighted by Gasteiger charge is 2.30. The maximum atomic E-state index is 12.2. The maximum Gasteiger partial charge on any atom is 0.234 e. The minimum atomic E-state index is -0.111. The van der Waals surface area contributed by atoms with Gasteiger partial charge in [-0.2, -0.15) is 0 Å². The summed E-state index contributed by atoms with van der Waals surface area (Å²) in [7, 11) is 0. The summed E-state index contributed by atoms with van der Waals surface area (Å²) < 4.78 is 0. The largest absolute Gasteiger partial charge is 0.355 e. The molecule has 2 amide bonds. The van der Waals surface area contributed by atoms with E-state index < -0.39 is 0 Å². The Morgan fingerprint density at radius 1 is 1.03 bits per heavy atom. The fourth-order valence-corrected chi connectivity index (χ4v) is 4.09. The van der Waals surface area contributed by atoms with Crippen LogP contribution in [0.15, 0.2) is 41.4 Å². The van der Waals surface area contributed by atoms with Crippen LogP contribution in [0.3, 0.4) is 0 Å². The van der Waals surface area contributed by atoms with E-state index in [2.05, 4.69) is 25.7 Å². The number of aromatic nitrogens is 2. The number of carbonyl (C=O) groups is 2. The molecule has 158 valence electrons. The standard InChI is InChI=1S/C21H24ClN5O2S/c22-15-1-3-16(4-2-15)23-19(28)13-30-20-8-7-18(25-26-20)27-11-9-14(10-12-27)21(29)24-17-5-6-17/h1-4,7-8,14,17H,5-6,9-13H2,(H,23,28)(H,24,29). The molecule has 2 aromatic rings. The van der Waals surface area contributed by atoms with Gasteiger partial charge in [0.15, 0.2) is 5.82 Å².